The minimum Gasteiger partial charge on any atom is -0.493 e. The molecule has 0 aliphatic carbocycles. The summed E-state index contributed by atoms with van der Waals surface area (Å²) in [5.41, 5.74) is 2.95. The Bertz CT molecular complexity index is 535. The Morgan fingerprint density at radius 1 is 1.29 bits per heavy atom. The zero-order valence-electron chi connectivity index (χ0n) is 8.95. The van der Waals surface area contributed by atoms with E-state index >= 15 is 0 Å². The van der Waals surface area contributed by atoms with Crippen LogP contribution in [-0.4, -0.2) is 6.61 Å². The van der Waals surface area contributed by atoms with E-state index in [0.29, 0.717) is 11.6 Å². The number of hydrogen-bond donors (Lipinski definition) is 0. The number of hydrogen-bond acceptors (Lipinski definition) is 2. The molecular weight excluding hydrogens is 259 g/mol. The standard InChI is InChI=1S/C13H10Cl2O2/c14-10-5-8-2-4-17-13(8)11(6-10)12(15)9-1-3-16-7-9/h1,3,5-7,12H,2,4H2. The smallest absolute Gasteiger partial charge is 0.127 e. The monoisotopic (exact) mass is 268 g/mol. The van der Waals surface area contributed by atoms with Crippen LogP contribution >= 0.6 is 23.2 Å². The summed E-state index contributed by atoms with van der Waals surface area (Å²) in [4.78, 5) is 0. The Hall–Kier alpha value is -1.12. The quantitative estimate of drug-likeness (QED) is 0.762. The van der Waals surface area contributed by atoms with Gasteiger partial charge in [-0.05, 0) is 23.8 Å². The average molecular weight is 269 g/mol. The lowest BCUT2D eigenvalue weighted by atomic mass is 10.0. The predicted molar refractivity (Wildman–Crippen MR) is 67.1 cm³/mol. The second-order valence-corrected chi connectivity index (χ2v) is 4.87. The molecule has 1 aliphatic rings. The van der Waals surface area contributed by atoms with E-state index in [9.17, 15) is 0 Å². The van der Waals surface area contributed by atoms with E-state index < -0.39 is 0 Å². The molecule has 2 aromatic rings. The molecular formula is C13H10Cl2O2. The normalized spacial score (nSPS) is 15.4. The molecule has 0 radical (unpaired) electrons. The maximum Gasteiger partial charge on any atom is 0.127 e. The van der Waals surface area contributed by atoms with E-state index in [1.54, 1.807) is 12.5 Å². The second kappa shape index (κ2) is 4.28. The van der Waals surface area contributed by atoms with Crippen LogP contribution in [0.15, 0.2) is 35.1 Å². The summed E-state index contributed by atoms with van der Waals surface area (Å²) >= 11 is 12.5. The third kappa shape index (κ3) is 1.92. The van der Waals surface area contributed by atoms with Crippen molar-refractivity contribution in [2.75, 3.05) is 6.61 Å². The molecule has 1 aromatic carbocycles. The Balaban J connectivity index is 2.09. The van der Waals surface area contributed by atoms with Crippen molar-refractivity contribution < 1.29 is 9.15 Å². The van der Waals surface area contributed by atoms with Crippen LogP contribution in [-0.2, 0) is 6.42 Å². The van der Waals surface area contributed by atoms with Gasteiger partial charge < -0.3 is 9.15 Å². The van der Waals surface area contributed by atoms with Crippen LogP contribution in [0.3, 0.4) is 0 Å². The van der Waals surface area contributed by atoms with Gasteiger partial charge in [0, 0.05) is 22.6 Å². The summed E-state index contributed by atoms with van der Waals surface area (Å²) in [6, 6.07) is 5.64. The molecule has 1 unspecified atom stereocenters. The summed E-state index contributed by atoms with van der Waals surface area (Å²) in [6.45, 7) is 0.692. The van der Waals surface area contributed by atoms with Crippen LogP contribution in [0.25, 0.3) is 0 Å². The first-order valence-corrected chi connectivity index (χ1v) is 6.18. The number of rotatable bonds is 2. The molecule has 0 saturated heterocycles. The topological polar surface area (TPSA) is 22.4 Å². The summed E-state index contributed by atoms with van der Waals surface area (Å²) in [6.07, 6.45) is 4.13. The van der Waals surface area contributed by atoms with Gasteiger partial charge in [-0.1, -0.05) is 11.6 Å². The Morgan fingerprint density at radius 3 is 2.94 bits per heavy atom. The fraction of sp³-hybridized carbons (Fsp3) is 0.231. The minimum atomic E-state index is -0.292. The lowest BCUT2D eigenvalue weighted by molar-refractivity contribution is 0.353. The first-order valence-electron chi connectivity index (χ1n) is 5.37. The zero-order chi connectivity index (χ0) is 11.8. The van der Waals surface area contributed by atoms with Gasteiger partial charge in [-0.3, -0.25) is 0 Å². The van der Waals surface area contributed by atoms with Gasteiger partial charge in [0.15, 0.2) is 0 Å². The predicted octanol–water partition coefficient (Wildman–Crippen LogP) is 4.20. The van der Waals surface area contributed by atoms with Gasteiger partial charge >= 0.3 is 0 Å². The van der Waals surface area contributed by atoms with E-state index in [1.807, 2.05) is 18.2 Å². The molecule has 0 fully saturated rings. The van der Waals surface area contributed by atoms with Crippen molar-refractivity contribution in [3.05, 3.63) is 52.4 Å². The van der Waals surface area contributed by atoms with Crippen LogP contribution in [0.5, 0.6) is 5.75 Å². The first kappa shape index (κ1) is 11.0. The zero-order valence-corrected chi connectivity index (χ0v) is 10.5. The van der Waals surface area contributed by atoms with Gasteiger partial charge in [-0.15, -0.1) is 11.6 Å². The Kier molecular flexibility index (Phi) is 2.77. The molecule has 1 aromatic heterocycles. The molecule has 1 atom stereocenters. The van der Waals surface area contributed by atoms with Crippen molar-refractivity contribution in [2.24, 2.45) is 0 Å². The largest absolute Gasteiger partial charge is 0.493 e. The van der Waals surface area contributed by atoms with Crippen LogP contribution in [0, 0.1) is 0 Å². The molecule has 2 nitrogen and oxygen atoms in total. The summed E-state index contributed by atoms with van der Waals surface area (Å²) in [5, 5.41) is 0.401. The maximum atomic E-state index is 6.43. The third-order valence-electron chi connectivity index (χ3n) is 2.89. The lowest BCUT2D eigenvalue weighted by Crippen LogP contribution is -1.96. The van der Waals surface area contributed by atoms with Crippen molar-refractivity contribution in [2.45, 2.75) is 11.8 Å². The number of halogens is 2. The van der Waals surface area contributed by atoms with Gasteiger partial charge in [0.1, 0.15) is 5.75 Å². The lowest BCUT2D eigenvalue weighted by Gasteiger charge is -2.13. The van der Waals surface area contributed by atoms with Crippen molar-refractivity contribution >= 4 is 23.2 Å². The molecule has 0 N–H and O–H groups in total. The Labute approximate surface area is 109 Å². The highest BCUT2D eigenvalue weighted by atomic mass is 35.5. The summed E-state index contributed by atoms with van der Waals surface area (Å²) in [5.74, 6) is 0.871. The van der Waals surface area contributed by atoms with Crippen molar-refractivity contribution in [1.29, 1.82) is 0 Å². The minimum absolute atomic E-state index is 0.292. The van der Waals surface area contributed by atoms with Gasteiger partial charge in [0.05, 0.1) is 24.5 Å². The number of ether oxygens (including phenoxy) is 1. The number of benzene rings is 1. The van der Waals surface area contributed by atoms with E-state index in [4.69, 9.17) is 32.4 Å². The van der Waals surface area contributed by atoms with E-state index in [2.05, 4.69) is 0 Å². The summed E-state index contributed by atoms with van der Waals surface area (Å²) in [7, 11) is 0. The molecule has 0 spiro atoms. The fourth-order valence-corrected chi connectivity index (χ4v) is 2.62. The molecule has 4 heteroatoms. The molecule has 2 heterocycles. The average Bonchev–Trinajstić information content (AvgIpc) is 2.97. The number of alkyl halides is 1. The molecule has 3 rings (SSSR count). The van der Waals surface area contributed by atoms with Crippen LogP contribution in [0.2, 0.25) is 5.02 Å². The molecule has 17 heavy (non-hydrogen) atoms. The van der Waals surface area contributed by atoms with Gasteiger partial charge in [0.2, 0.25) is 0 Å². The van der Waals surface area contributed by atoms with Crippen molar-refractivity contribution in [3.8, 4) is 5.75 Å². The van der Waals surface area contributed by atoms with Gasteiger partial charge in [0.25, 0.3) is 0 Å². The van der Waals surface area contributed by atoms with E-state index in [-0.39, 0.29) is 5.38 Å². The van der Waals surface area contributed by atoms with Crippen molar-refractivity contribution in [1.82, 2.24) is 0 Å². The van der Waals surface area contributed by atoms with Crippen LogP contribution < -0.4 is 4.74 Å². The first-order chi connectivity index (χ1) is 8.25. The molecule has 0 bridgehead atoms. The molecule has 88 valence electrons. The fourth-order valence-electron chi connectivity index (χ4n) is 2.08. The SMILES string of the molecule is Clc1cc2c(c(C(Cl)c3ccoc3)c1)OCC2. The van der Waals surface area contributed by atoms with Crippen LogP contribution in [0.1, 0.15) is 22.1 Å². The highest BCUT2D eigenvalue weighted by Crippen LogP contribution is 2.41. The molecule has 1 aliphatic heterocycles. The molecule has 0 amide bonds. The van der Waals surface area contributed by atoms with Gasteiger partial charge in [-0.2, -0.15) is 0 Å². The van der Waals surface area contributed by atoms with Crippen LogP contribution in [0.4, 0.5) is 0 Å². The van der Waals surface area contributed by atoms with Gasteiger partial charge in [-0.25, -0.2) is 0 Å². The highest BCUT2D eigenvalue weighted by Gasteiger charge is 2.23. The highest BCUT2D eigenvalue weighted by molar-refractivity contribution is 6.31. The maximum absolute atomic E-state index is 6.43. The van der Waals surface area contributed by atoms with E-state index in [0.717, 1.165) is 28.9 Å². The third-order valence-corrected chi connectivity index (χ3v) is 3.59. The van der Waals surface area contributed by atoms with E-state index in [1.165, 1.54) is 0 Å². The second-order valence-electron chi connectivity index (χ2n) is 4.00. The Morgan fingerprint density at radius 2 is 2.18 bits per heavy atom. The van der Waals surface area contributed by atoms with Crippen molar-refractivity contribution in [3.63, 3.8) is 0 Å². The number of fused-ring (bicyclic) bond motifs is 1. The number of furan rings is 1. The summed E-state index contributed by atoms with van der Waals surface area (Å²) < 4.78 is 10.7. The molecule has 0 saturated carbocycles.